The predicted molar refractivity (Wildman–Crippen MR) is 84.9 cm³/mol. The van der Waals surface area contributed by atoms with Crippen LogP contribution in [0.15, 0.2) is 0 Å². The first kappa shape index (κ1) is 17.2. The molecule has 114 valence electrons. The van der Waals surface area contributed by atoms with Gasteiger partial charge in [0.15, 0.2) is 8.32 Å². The summed E-state index contributed by atoms with van der Waals surface area (Å²) in [6.07, 6.45) is 1.09. The molecule has 0 aromatic rings. The molecule has 0 aromatic carbocycles. The highest BCUT2D eigenvalue weighted by Crippen LogP contribution is 2.63. The number of aliphatic hydroxyl groups excluding tert-OH is 1. The second-order valence-electron chi connectivity index (χ2n) is 8.11. The lowest BCUT2D eigenvalue weighted by Crippen LogP contribution is -2.49. The van der Waals surface area contributed by atoms with Gasteiger partial charge in [0.05, 0.1) is 6.61 Å². The molecule has 1 aliphatic carbocycles. The molecule has 1 atom stereocenters. The fraction of sp³-hybridized carbons (Fsp3) is 1.00. The minimum atomic E-state index is -1.79. The zero-order valence-corrected chi connectivity index (χ0v) is 15.2. The standard InChI is InChI=1S/C16H34O2Si/c1-12(2)19(13(3)4,14(5)6)18-11-16(10-17)9-15(16,7)8/h12-14,17H,9-11H2,1-8H3/t16-/m1/s1. The Hall–Kier alpha value is 0.137. The quantitative estimate of drug-likeness (QED) is 0.694. The Kier molecular flexibility index (Phi) is 4.97. The predicted octanol–water partition coefficient (Wildman–Crippen LogP) is 4.59. The Morgan fingerprint density at radius 1 is 1.00 bits per heavy atom. The monoisotopic (exact) mass is 286 g/mol. The molecular weight excluding hydrogens is 252 g/mol. The van der Waals surface area contributed by atoms with E-state index in [4.69, 9.17) is 4.43 Å². The molecule has 0 aromatic heterocycles. The summed E-state index contributed by atoms with van der Waals surface area (Å²) < 4.78 is 6.65. The van der Waals surface area contributed by atoms with E-state index in [0.29, 0.717) is 16.6 Å². The summed E-state index contributed by atoms with van der Waals surface area (Å²) >= 11 is 0. The number of hydrogen-bond donors (Lipinski definition) is 1. The van der Waals surface area contributed by atoms with Crippen LogP contribution in [-0.4, -0.2) is 26.6 Å². The van der Waals surface area contributed by atoms with Crippen molar-refractivity contribution in [1.82, 2.24) is 0 Å². The number of rotatable bonds is 7. The molecule has 1 N–H and O–H groups in total. The van der Waals surface area contributed by atoms with Crippen molar-refractivity contribution in [2.24, 2.45) is 10.8 Å². The average Bonchev–Trinajstić information content (AvgIpc) is 2.80. The maximum Gasteiger partial charge on any atom is 0.200 e. The normalized spacial score (nSPS) is 26.5. The fourth-order valence-electron chi connectivity index (χ4n) is 4.13. The minimum Gasteiger partial charge on any atom is -0.415 e. The maximum atomic E-state index is 9.74. The molecular formula is C16H34O2Si. The SMILES string of the molecule is CC(C)[Si](OC[C@]1(CO)CC1(C)C)(C(C)C)C(C)C. The average molecular weight is 287 g/mol. The van der Waals surface area contributed by atoms with Gasteiger partial charge >= 0.3 is 0 Å². The van der Waals surface area contributed by atoms with Crippen LogP contribution in [0.25, 0.3) is 0 Å². The highest BCUT2D eigenvalue weighted by molar-refractivity contribution is 6.77. The van der Waals surface area contributed by atoms with Crippen molar-refractivity contribution in [1.29, 1.82) is 0 Å². The molecule has 0 aliphatic heterocycles. The maximum absolute atomic E-state index is 9.74. The van der Waals surface area contributed by atoms with Crippen LogP contribution in [0.2, 0.25) is 16.6 Å². The van der Waals surface area contributed by atoms with Crippen LogP contribution in [0.5, 0.6) is 0 Å². The third-order valence-electron chi connectivity index (χ3n) is 5.70. The first-order valence-corrected chi connectivity index (χ1v) is 9.94. The van der Waals surface area contributed by atoms with Crippen molar-refractivity contribution in [3.8, 4) is 0 Å². The smallest absolute Gasteiger partial charge is 0.200 e. The molecule has 1 fully saturated rings. The Labute approximate surface area is 121 Å². The van der Waals surface area contributed by atoms with Crippen molar-refractivity contribution < 1.29 is 9.53 Å². The van der Waals surface area contributed by atoms with E-state index in [1.807, 2.05) is 0 Å². The van der Waals surface area contributed by atoms with Crippen molar-refractivity contribution in [3.05, 3.63) is 0 Å². The fourth-order valence-corrected chi connectivity index (χ4v) is 9.65. The molecule has 0 unspecified atom stereocenters. The van der Waals surface area contributed by atoms with Gasteiger partial charge in [-0.15, -0.1) is 0 Å². The van der Waals surface area contributed by atoms with E-state index < -0.39 is 8.32 Å². The topological polar surface area (TPSA) is 29.5 Å². The van der Waals surface area contributed by atoms with Gasteiger partial charge in [-0.3, -0.25) is 0 Å². The highest BCUT2D eigenvalue weighted by atomic mass is 28.4. The molecule has 19 heavy (non-hydrogen) atoms. The number of aliphatic hydroxyl groups is 1. The molecule has 0 heterocycles. The summed E-state index contributed by atoms with van der Waals surface area (Å²) in [6.45, 7) is 19.4. The van der Waals surface area contributed by atoms with Crippen LogP contribution >= 0.6 is 0 Å². The molecule has 3 heteroatoms. The molecule has 0 spiro atoms. The van der Waals surface area contributed by atoms with E-state index in [1.54, 1.807) is 0 Å². The molecule has 0 radical (unpaired) electrons. The Morgan fingerprint density at radius 3 is 1.58 bits per heavy atom. The molecule has 1 saturated carbocycles. The Bertz CT molecular complexity index is 288. The summed E-state index contributed by atoms with van der Waals surface area (Å²) in [7, 11) is -1.79. The molecule has 0 bridgehead atoms. The first-order chi connectivity index (χ1) is 8.56. The van der Waals surface area contributed by atoms with Gasteiger partial charge in [0.25, 0.3) is 0 Å². The van der Waals surface area contributed by atoms with E-state index in [9.17, 15) is 5.11 Å². The second-order valence-corrected chi connectivity index (χ2v) is 13.6. The van der Waals surface area contributed by atoms with E-state index in [0.717, 1.165) is 13.0 Å². The van der Waals surface area contributed by atoms with Crippen molar-refractivity contribution in [2.75, 3.05) is 13.2 Å². The lowest BCUT2D eigenvalue weighted by molar-refractivity contribution is 0.108. The van der Waals surface area contributed by atoms with Crippen molar-refractivity contribution >= 4 is 8.32 Å². The minimum absolute atomic E-state index is 0.0178. The Morgan fingerprint density at radius 2 is 1.37 bits per heavy atom. The van der Waals surface area contributed by atoms with E-state index >= 15 is 0 Å². The molecule has 1 aliphatic rings. The lowest BCUT2D eigenvalue weighted by atomic mass is 9.98. The molecule has 0 amide bonds. The van der Waals surface area contributed by atoms with Crippen LogP contribution in [-0.2, 0) is 4.43 Å². The molecule has 0 saturated heterocycles. The van der Waals surface area contributed by atoms with Gasteiger partial charge in [-0.1, -0.05) is 55.4 Å². The van der Waals surface area contributed by atoms with Crippen molar-refractivity contribution in [2.45, 2.75) is 78.4 Å². The summed E-state index contributed by atoms with van der Waals surface area (Å²) in [6, 6.07) is 0. The van der Waals surface area contributed by atoms with Gasteiger partial charge in [-0.05, 0) is 28.5 Å². The van der Waals surface area contributed by atoms with Gasteiger partial charge in [0.1, 0.15) is 0 Å². The lowest BCUT2D eigenvalue weighted by Gasteiger charge is -2.43. The summed E-state index contributed by atoms with van der Waals surface area (Å²) in [5, 5.41) is 9.74. The van der Waals surface area contributed by atoms with E-state index in [1.165, 1.54) is 0 Å². The summed E-state index contributed by atoms with van der Waals surface area (Å²) in [5.74, 6) is 0. The van der Waals surface area contributed by atoms with Crippen molar-refractivity contribution in [3.63, 3.8) is 0 Å². The van der Waals surface area contributed by atoms with Gasteiger partial charge < -0.3 is 9.53 Å². The Balaban J connectivity index is 2.86. The first-order valence-electron chi connectivity index (χ1n) is 7.80. The van der Waals surface area contributed by atoms with Gasteiger partial charge in [-0.2, -0.15) is 0 Å². The van der Waals surface area contributed by atoms with Gasteiger partial charge in [0.2, 0.25) is 0 Å². The highest BCUT2D eigenvalue weighted by Gasteiger charge is 2.62. The van der Waals surface area contributed by atoms with Crippen LogP contribution in [0.4, 0.5) is 0 Å². The number of hydrogen-bond acceptors (Lipinski definition) is 2. The van der Waals surface area contributed by atoms with E-state index in [-0.39, 0.29) is 17.4 Å². The van der Waals surface area contributed by atoms with E-state index in [2.05, 4.69) is 55.4 Å². The zero-order valence-electron chi connectivity index (χ0n) is 14.2. The van der Waals surface area contributed by atoms with Gasteiger partial charge in [0, 0.05) is 12.0 Å². The van der Waals surface area contributed by atoms with Crippen LogP contribution in [0.1, 0.15) is 61.8 Å². The molecule has 1 rings (SSSR count). The van der Waals surface area contributed by atoms with Gasteiger partial charge in [-0.25, -0.2) is 0 Å². The largest absolute Gasteiger partial charge is 0.415 e. The third-order valence-corrected chi connectivity index (χ3v) is 11.8. The molecule has 2 nitrogen and oxygen atoms in total. The third kappa shape index (κ3) is 2.79. The summed E-state index contributed by atoms with van der Waals surface area (Å²) in [5.41, 5.74) is 2.11. The zero-order chi connectivity index (χ0) is 15.1. The van der Waals surface area contributed by atoms with Crippen LogP contribution in [0.3, 0.4) is 0 Å². The van der Waals surface area contributed by atoms with Crippen LogP contribution in [0, 0.1) is 10.8 Å². The summed E-state index contributed by atoms with van der Waals surface area (Å²) in [4.78, 5) is 0. The van der Waals surface area contributed by atoms with Crippen LogP contribution < -0.4 is 0 Å². The second kappa shape index (κ2) is 5.49.